The normalized spacial score (nSPS) is 8.64. The smallest absolute Gasteiger partial charge is 0.334 e. The summed E-state index contributed by atoms with van der Waals surface area (Å²) in [7, 11) is 1.48. The van der Waals surface area contributed by atoms with Crippen molar-refractivity contribution >= 4 is 34.9 Å². The van der Waals surface area contributed by atoms with Crippen molar-refractivity contribution < 1.29 is 9.59 Å². The third-order valence-electron chi connectivity index (χ3n) is 1.10. The highest BCUT2D eigenvalue weighted by atomic mass is 127. The van der Waals surface area contributed by atoms with Crippen LogP contribution in [-0.4, -0.2) is 30.6 Å². The van der Waals surface area contributed by atoms with Crippen LogP contribution in [0.25, 0.3) is 0 Å². The molecule has 11 heavy (non-hydrogen) atoms. The van der Waals surface area contributed by atoms with Crippen LogP contribution in [0.5, 0.6) is 0 Å². The van der Waals surface area contributed by atoms with Gasteiger partial charge in [0, 0.05) is 13.6 Å². The Kier molecular flexibility index (Phi) is 4.92. The quantitative estimate of drug-likeness (QED) is 0.545. The monoisotopic (exact) mass is 271 g/mol. The molecule has 0 atom stereocenters. The molecule has 0 heterocycles. The highest BCUT2D eigenvalue weighted by Crippen LogP contribution is 1.91. The minimum absolute atomic E-state index is 0.356. The summed E-state index contributed by atoms with van der Waals surface area (Å²) in [6, 6.07) is -0.811. The molecule has 0 fully saturated rings. The van der Waals surface area contributed by atoms with E-state index in [-0.39, 0.29) is 0 Å². The van der Waals surface area contributed by atoms with Crippen LogP contribution in [0.15, 0.2) is 0 Å². The van der Waals surface area contributed by atoms with Crippen molar-refractivity contribution in [3.8, 4) is 0 Å². The van der Waals surface area contributed by atoms with E-state index < -0.39 is 12.1 Å². The van der Waals surface area contributed by atoms with Crippen LogP contribution in [0.1, 0.15) is 6.92 Å². The predicted octanol–water partition coefficient (Wildman–Crippen LogP) is 0.707. The van der Waals surface area contributed by atoms with Crippen molar-refractivity contribution in [2.24, 2.45) is 0 Å². The molecule has 0 saturated heterocycles. The fraction of sp³-hybridized carbons (Fsp3) is 0.600. The molecule has 0 saturated carbocycles. The molecule has 64 valence electrons. The van der Waals surface area contributed by atoms with Crippen molar-refractivity contribution in [3.05, 3.63) is 0 Å². The van der Waals surface area contributed by atoms with Gasteiger partial charge in [0.05, 0.1) is 22.9 Å². The number of rotatable bonds is 1. The van der Waals surface area contributed by atoms with Crippen molar-refractivity contribution in [1.82, 2.24) is 13.7 Å². The van der Waals surface area contributed by atoms with E-state index >= 15 is 0 Å². The Balaban J connectivity index is 4.15. The zero-order valence-electron chi connectivity index (χ0n) is 6.35. The molecule has 0 aromatic carbocycles. The summed E-state index contributed by atoms with van der Waals surface area (Å²) in [5.74, 6) is 0. The van der Waals surface area contributed by atoms with Gasteiger partial charge in [-0.15, -0.1) is 0 Å². The lowest BCUT2D eigenvalue weighted by atomic mass is 10.6. The molecule has 0 aliphatic rings. The van der Waals surface area contributed by atoms with Crippen molar-refractivity contribution in [1.29, 1.82) is 0 Å². The second-order valence-corrected chi connectivity index (χ2v) is 2.24. The maximum Gasteiger partial charge on any atom is 0.334 e. The van der Waals surface area contributed by atoms with E-state index in [4.69, 9.17) is 0 Å². The molecule has 0 aliphatic heterocycles. The first-order chi connectivity index (χ1) is 5.17. The molecule has 0 aromatic rings. The average molecular weight is 271 g/mol. The average Bonchev–Trinajstić information content (AvgIpc) is 2.05. The van der Waals surface area contributed by atoms with Gasteiger partial charge in [-0.25, -0.2) is 14.5 Å². The number of imide groups is 1. The van der Waals surface area contributed by atoms with E-state index in [1.165, 1.54) is 7.05 Å². The second-order valence-electron chi connectivity index (χ2n) is 1.70. The summed E-state index contributed by atoms with van der Waals surface area (Å²) in [5.41, 5.74) is 0. The van der Waals surface area contributed by atoms with Gasteiger partial charge in [-0.05, 0) is 6.92 Å². The molecule has 5 nitrogen and oxygen atoms in total. The van der Waals surface area contributed by atoms with Gasteiger partial charge in [0.25, 0.3) is 0 Å². The van der Waals surface area contributed by atoms with Gasteiger partial charge in [-0.2, -0.15) is 0 Å². The minimum Gasteiger partial charge on any atom is -0.341 e. The van der Waals surface area contributed by atoms with Crippen molar-refractivity contribution in [2.75, 3.05) is 13.6 Å². The van der Waals surface area contributed by atoms with E-state index in [0.717, 1.165) is 4.90 Å². The first kappa shape index (κ1) is 10.5. The van der Waals surface area contributed by atoms with Crippen LogP contribution in [0, 0.1) is 0 Å². The van der Waals surface area contributed by atoms with Gasteiger partial charge in [0.2, 0.25) is 0 Å². The van der Waals surface area contributed by atoms with Crippen molar-refractivity contribution in [3.63, 3.8) is 0 Å². The number of nitrogens with one attached hydrogen (secondary N) is 2. The molecule has 0 aromatic heterocycles. The molecule has 0 aliphatic carbocycles. The van der Waals surface area contributed by atoms with Gasteiger partial charge >= 0.3 is 12.1 Å². The van der Waals surface area contributed by atoms with Crippen molar-refractivity contribution in [2.45, 2.75) is 6.92 Å². The van der Waals surface area contributed by atoms with Crippen LogP contribution in [0.3, 0.4) is 0 Å². The Morgan fingerprint density at radius 2 is 2.00 bits per heavy atom. The Labute approximate surface area is 79.0 Å². The summed E-state index contributed by atoms with van der Waals surface area (Å²) in [5, 5.41) is 2.35. The zero-order valence-corrected chi connectivity index (χ0v) is 8.51. The molecular weight excluding hydrogens is 261 g/mol. The van der Waals surface area contributed by atoms with Gasteiger partial charge in [-0.3, -0.25) is 3.53 Å². The van der Waals surface area contributed by atoms with Crippen LogP contribution in [0.2, 0.25) is 0 Å². The van der Waals surface area contributed by atoms with E-state index in [9.17, 15) is 9.59 Å². The number of carbonyl (C=O) groups excluding carboxylic acids is 2. The zero-order chi connectivity index (χ0) is 8.85. The highest BCUT2D eigenvalue weighted by molar-refractivity contribution is 14.1. The van der Waals surface area contributed by atoms with Crippen LogP contribution in [0.4, 0.5) is 9.59 Å². The standard InChI is InChI=1S/C5H10IN3O2/c1-3-9(4(10)7-2)5(11)8-6/h3H2,1-2H3,(H,7,10)(H,8,11). The number of nitrogens with zero attached hydrogens (tertiary/aromatic N) is 1. The fourth-order valence-corrected chi connectivity index (χ4v) is 0.857. The predicted molar refractivity (Wildman–Crippen MR) is 49.4 cm³/mol. The number of hydrogen-bond donors (Lipinski definition) is 2. The van der Waals surface area contributed by atoms with Gasteiger partial charge in [-0.1, -0.05) is 0 Å². The van der Waals surface area contributed by atoms with Crippen LogP contribution in [-0.2, 0) is 0 Å². The summed E-state index contributed by atoms with van der Waals surface area (Å²) in [6.45, 7) is 2.08. The van der Waals surface area contributed by atoms with Crippen LogP contribution >= 0.6 is 22.9 Å². The Morgan fingerprint density at radius 1 is 1.45 bits per heavy atom. The largest absolute Gasteiger partial charge is 0.341 e. The number of carbonyl (C=O) groups is 2. The third kappa shape index (κ3) is 2.91. The number of amides is 4. The van der Waals surface area contributed by atoms with Gasteiger partial charge in [0.15, 0.2) is 0 Å². The lowest BCUT2D eigenvalue weighted by Crippen LogP contribution is -2.44. The van der Waals surface area contributed by atoms with Gasteiger partial charge < -0.3 is 5.32 Å². The molecule has 0 bridgehead atoms. The molecular formula is C5H10IN3O2. The first-order valence-corrected chi connectivity index (χ1v) is 4.15. The van der Waals surface area contributed by atoms with Gasteiger partial charge in [0.1, 0.15) is 0 Å². The lowest BCUT2D eigenvalue weighted by molar-refractivity contribution is 0.193. The molecule has 2 N–H and O–H groups in total. The Hall–Kier alpha value is -0.530. The Bertz CT molecular complexity index is 146. The van der Waals surface area contributed by atoms with E-state index in [0.29, 0.717) is 6.54 Å². The molecule has 0 spiro atoms. The van der Waals surface area contributed by atoms with E-state index in [1.54, 1.807) is 29.8 Å². The first-order valence-electron chi connectivity index (χ1n) is 3.07. The van der Waals surface area contributed by atoms with E-state index in [2.05, 4.69) is 8.85 Å². The third-order valence-corrected chi connectivity index (χ3v) is 1.56. The van der Waals surface area contributed by atoms with Crippen LogP contribution < -0.4 is 8.85 Å². The summed E-state index contributed by atoms with van der Waals surface area (Å²) in [6.07, 6.45) is 0. The number of halogens is 1. The topological polar surface area (TPSA) is 61.4 Å². The maximum absolute atomic E-state index is 10.9. The Morgan fingerprint density at radius 3 is 2.27 bits per heavy atom. The number of hydrogen-bond acceptors (Lipinski definition) is 2. The maximum atomic E-state index is 10.9. The molecule has 0 unspecified atom stereocenters. The number of urea groups is 2. The fourth-order valence-electron chi connectivity index (χ4n) is 0.565. The summed E-state index contributed by atoms with van der Waals surface area (Å²) < 4.78 is 2.33. The highest BCUT2D eigenvalue weighted by Gasteiger charge is 2.16. The second kappa shape index (κ2) is 5.16. The molecule has 4 amide bonds. The lowest BCUT2D eigenvalue weighted by Gasteiger charge is -2.16. The molecule has 0 rings (SSSR count). The summed E-state index contributed by atoms with van der Waals surface area (Å²) >= 11 is 1.68. The molecule has 0 radical (unpaired) electrons. The van der Waals surface area contributed by atoms with E-state index in [1.807, 2.05) is 0 Å². The minimum atomic E-state index is -0.410. The summed E-state index contributed by atoms with van der Waals surface area (Å²) in [4.78, 5) is 22.8. The SMILES string of the molecule is CCN(C(=O)NC)C(=O)NI. The molecule has 6 heteroatoms.